The topological polar surface area (TPSA) is 23.5 Å². The minimum atomic E-state index is -0.401. The molecule has 0 aliphatic carbocycles. The fourth-order valence-electron chi connectivity index (χ4n) is 1.37. The summed E-state index contributed by atoms with van der Waals surface area (Å²) in [7, 11) is 0. The Morgan fingerprint density at radius 3 is 2.45 bits per heavy atom. The van der Waals surface area contributed by atoms with Crippen LogP contribution < -0.4 is 0 Å². The van der Waals surface area contributed by atoms with Crippen LogP contribution in [0.25, 0.3) is 0 Å². The van der Waals surface area contributed by atoms with Gasteiger partial charge < -0.3 is 5.11 Å². The Hall–Kier alpha value is 0.400. The first-order valence-electron chi connectivity index (χ1n) is 4.09. The predicted octanol–water partition coefficient (Wildman–Crippen LogP) is 1.08. The molecule has 0 atom stereocenters. The largest absolute Gasteiger partial charge is 0.387 e. The average molecular weight is 222 g/mol. The monoisotopic (exact) mass is 221 g/mol. The molecule has 1 saturated heterocycles. The van der Waals surface area contributed by atoms with Crippen LogP contribution in [0.3, 0.4) is 0 Å². The van der Waals surface area contributed by atoms with Gasteiger partial charge in [-0.1, -0.05) is 29.8 Å². The van der Waals surface area contributed by atoms with Gasteiger partial charge in [0.2, 0.25) is 0 Å². The van der Waals surface area contributed by atoms with E-state index >= 15 is 0 Å². The zero-order valence-corrected chi connectivity index (χ0v) is 8.76. The number of hydrogen-bond donors (Lipinski definition) is 1. The van der Waals surface area contributed by atoms with Crippen LogP contribution in [0.4, 0.5) is 0 Å². The molecule has 0 amide bonds. The Morgan fingerprint density at radius 1 is 1.55 bits per heavy atom. The van der Waals surface area contributed by atoms with E-state index in [1.165, 1.54) is 0 Å². The Bertz CT molecular complexity index is 132. The number of nitrogens with zero attached hydrogens (tertiary/aromatic N) is 1. The van der Waals surface area contributed by atoms with E-state index in [0.717, 1.165) is 25.0 Å². The van der Waals surface area contributed by atoms with Crippen molar-refractivity contribution in [1.82, 2.24) is 4.90 Å². The van der Waals surface area contributed by atoms with Gasteiger partial charge in [0.15, 0.2) is 0 Å². The minimum absolute atomic E-state index is 0.383. The average Bonchev–Trinajstić information content (AvgIpc) is 1.84. The van der Waals surface area contributed by atoms with E-state index in [-0.39, 0.29) is 0 Å². The minimum Gasteiger partial charge on any atom is -0.387 e. The highest BCUT2D eigenvalue weighted by Gasteiger charge is 2.42. The Kier molecular flexibility index (Phi) is 2.95. The van der Waals surface area contributed by atoms with Crippen molar-refractivity contribution in [2.24, 2.45) is 5.92 Å². The number of alkyl halides is 1. The van der Waals surface area contributed by atoms with Crippen LogP contribution in [0.2, 0.25) is 0 Å². The molecule has 1 N–H and O–H groups in total. The molecule has 0 aromatic heterocycles. The molecule has 1 fully saturated rings. The molecule has 0 spiro atoms. The molecule has 0 unspecified atom stereocenters. The molecule has 1 aliphatic heterocycles. The van der Waals surface area contributed by atoms with E-state index in [1.807, 2.05) is 0 Å². The first-order chi connectivity index (χ1) is 5.08. The maximum Gasteiger partial charge on any atom is 0.0922 e. The van der Waals surface area contributed by atoms with Gasteiger partial charge in [0.1, 0.15) is 0 Å². The summed E-state index contributed by atoms with van der Waals surface area (Å²) in [6.45, 7) is 6.89. The van der Waals surface area contributed by atoms with E-state index in [1.54, 1.807) is 0 Å². The number of hydrogen-bond acceptors (Lipinski definition) is 2. The summed E-state index contributed by atoms with van der Waals surface area (Å²) in [5.41, 5.74) is -0.401. The highest BCUT2D eigenvalue weighted by Crippen LogP contribution is 2.27. The highest BCUT2D eigenvalue weighted by molar-refractivity contribution is 9.09. The Morgan fingerprint density at radius 2 is 2.09 bits per heavy atom. The zero-order valence-electron chi connectivity index (χ0n) is 7.18. The third-order valence-electron chi connectivity index (χ3n) is 2.47. The number of aliphatic hydroxyl groups is 1. The van der Waals surface area contributed by atoms with Crippen LogP contribution in [-0.4, -0.2) is 40.6 Å². The van der Waals surface area contributed by atoms with Crippen LogP contribution in [0.5, 0.6) is 0 Å². The molecule has 0 radical (unpaired) electrons. The lowest BCUT2D eigenvalue weighted by molar-refractivity contribution is -0.124. The summed E-state index contributed by atoms with van der Waals surface area (Å²) in [6, 6.07) is 0. The lowest BCUT2D eigenvalue weighted by Gasteiger charge is -2.49. The van der Waals surface area contributed by atoms with Gasteiger partial charge in [-0.25, -0.2) is 0 Å². The Balaban J connectivity index is 2.26. The SMILES string of the molecule is CC(C)C1(O)CN(CCBr)C1. The summed E-state index contributed by atoms with van der Waals surface area (Å²) in [4.78, 5) is 2.26. The van der Waals surface area contributed by atoms with Crippen molar-refractivity contribution < 1.29 is 5.11 Å². The van der Waals surface area contributed by atoms with Crippen molar-refractivity contribution in [2.75, 3.05) is 25.0 Å². The molecule has 0 aromatic rings. The molecule has 0 aromatic carbocycles. The second-order valence-electron chi connectivity index (χ2n) is 3.66. The van der Waals surface area contributed by atoms with Gasteiger partial charge in [-0.15, -0.1) is 0 Å². The summed E-state index contributed by atoms with van der Waals surface area (Å²) in [6.07, 6.45) is 0. The summed E-state index contributed by atoms with van der Waals surface area (Å²) < 4.78 is 0. The number of rotatable bonds is 3. The number of β-amino-alcohol motifs (C(OH)–C–C–N with tert-alkyl or cyclic N) is 1. The normalized spacial score (nSPS) is 23.7. The predicted molar refractivity (Wildman–Crippen MR) is 50.0 cm³/mol. The molecule has 0 bridgehead atoms. The van der Waals surface area contributed by atoms with Gasteiger partial charge in [-0.2, -0.15) is 0 Å². The third kappa shape index (κ3) is 1.95. The van der Waals surface area contributed by atoms with Gasteiger partial charge in [0, 0.05) is 25.0 Å². The smallest absolute Gasteiger partial charge is 0.0922 e. The fourth-order valence-corrected chi connectivity index (χ4v) is 1.87. The van der Waals surface area contributed by atoms with Crippen LogP contribution >= 0.6 is 15.9 Å². The molecule has 1 rings (SSSR count). The molecule has 2 nitrogen and oxygen atoms in total. The maximum atomic E-state index is 9.83. The van der Waals surface area contributed by atoms with Gasteiger partial charge in [-0.3, -0.25) is 4.90 Å². The van der Waals surface area contributed by atoms with Gasteiger partial charge >= 0.3 is 0 Å². The standard InChI is InChI=1S/C8H16BrNO/c1-7(2)8(11)5-10(6-8)4-3-9/h7,11H,3-6H2,1-2H3. The highest BCUT2D eigenvalue weighted by atomic mass is 79.9. The van der Waals surface area contributed by atoms with Crippen molar-refractivity contribution in [3.8, 4) is 0 Å². The van der Waals surface area contributed by atoms with Crippen molar-refractivity contribution in [3.63, 3.8) is 0 Å². The molecule has 11 heavy (non-hydrogen) atoms. The number of likely N-dealkylation sites (tertiary alicyclic amines) is 1. The second-order valence-corrected chi connectivity index (χ2v) is 4.45. The van der Waals surface area contributed by atoms with Crippen LogP contribution in [0.15, 0.2) is 0 Å². The summed E-state index contributed by atoms with van der Waals surface area (Å²) >= 11 is 3.38. The van der Waals surface area contributed by atoms with Gasteiger partial charge in [-0.05, 0) is 5.92 Å². The Labute approximate surface area is 76.7 Å². The van der Waals surface area contributed by atoms with E-state index in [9.17, 15) is 5.11 Å². The van der Waals surface area contributed by atoms with Gasteiger partial charge in [0.25, 0.3) is 0 Å². The molecule has 0 saturated carbocycles. The van der Waals surface area contributed by atoms with Crippen molar-refractivity contribution >= 4 is 15.9 Å². The molecule has 66 valence electrons. The molecule has 1 heterocycles. The first kappa shape index (κ1) is 9.49. The zero-order chi connectivity index (χ0) is 8.48. The summed E-state index contributed by atoms with van der Waals surface area (Å²) in [5.74, 6) is 0.383. The molecular formula is C8H16BrNO. The fraction of sp³-hybridized carbons (Fsp3) is 1.00. The quantitative estimate of drug-likeness (QED) is 0.722. The summed E-state index contributed by atoms with van der Waals surface area (Å²) in [5, 5.41) is 10.8. The molecular weight excluding hydrogens is 206 g/mol. The lowest BCUT2D eigenvalue weighted by atomic mass is 9.83. The van der Waals surface area contributed by atoms with E-state index in [4.69, 9.17) is 0 Å². The van der Waals surface area contributed by atoms with E-state index in [2.05, 4.69) is 34.7 Å². The molecule has 1 aliphatic rings. The van der Waals surface area contributed by atoms with Crippen LogP contribution in [0.1, 0.15) is 13.8 Å². The van der Waals surface area contributed by atoms with E-state index < -0.39 is 5.60 Å². The third-order valence-corrected chi connectivity index (χ3v) is 2.82. The van der Waals surface area contributed by atoms with E-state index in [0.29, 0.717) is 5.92 Å². The molecule has 3 heteroatoms. The maximum absolute atomic E-state index is 9.83. The van der Waals surface area contributed by atoms with Crippen LogP contribution in [0, 0.1) is 5.92 Å². The van der Waals surface area contributed by atoms with Crippen molar-refractivity contribution in [1.29, 1.82) is 0 Å². The van der Waals surface area contributed by atoms with Crippen LogP contribution in [-0.2, 0) is 0 Å². The second kappa shape index (κ2) is 3.42. The number of halogens is 1. The van der Waals surface area contributed by atoms with Gasteiger partial charge in [0.05, 0.1) is 5.60 Å². The lowest BCUT2D eigenvalue weighted by Crippen LogP contribution is -2.64. The van der Waals surface area contributed by atoms with Crippen molar-refractivity contribution in [2.45, 2.75) is 19.4 Å². The first-order valence-corrected chi connectivity index (χ1v) is 5.21. The van der Waals surface area contributed by atoms with Crippen molar-refractivity contribution in [3.05, 3.63) is 0 Å².